The van der Waals surface area contributed by atoms with Crippen molar-refractivity contribution in [3.05, 3.63) is 35.6 Å². The molecule has 0 spiro atoms. The first-order valence-electron chi connectivity index (χ1n) is 8.09. The normalized spacial score (nSPS) is 21.2. The second-order valence-corrected chi connectivity index (χ2v) is 7.87. The number of rotatable bonds is 5. The SMILES string of the molecule is CN=C(NCCNS(C)(=O)=O)N1CC(C)OC(c2ccc(F)cc2)C1.I. The van der Waals surface area contributed by atoms with Crippen molar-refractivity contribution >= 4 is 40.0 Å². The summed E-state index contributed by atoms with van der Waals surface area (Å²) < 4.78 is 43.7. The van der Waals surface area contributed by atoms with Crippen molar-refractivity contribution in [2.24, 2.45) is 4.99 Å². The number of ether oxygens (including phenoxy) is 1. The summed E-state index contributed by atoms with van der Waals surface area (Å²) in [4.78, 5) is 6.32. The number of morpholine rings is 1. The summed E-state index contributed by atoms with van der Waals surface area (Å²) >= 11 is 0. The fourth-order valence-electron chi connectivity index (χ4n) is 2.73. The minimum atomic E-state index is -3.20. The van der Waals surface area contributed by atoms with Crippen molar-refractivity contribution in [2.75, 3.05) is 39.5 Å². The molecule has 26 heavy (non-hydrogen) atoms. The van der Waals surface area contributed by atoms with Crippen LogP contribution < -0.4 is 10.0 Å². The van der Waals surface area contributed by atoms with Crippen molar-refractivity contribution in [3.8, 4) is 0 Å². The maximum absolute atomic E-state index is 13.1. The molecule has 2 atom stereocenters. The van der Waals surface area contributed by atoms with Crippen LogP contribution in [0.25, 0.3) is 0 Å². The Balaban J connectivity index is 0.00000338. The molecule has 1 fully saturated rings. The first kappa shape index (κ1) is 23.1. The Hall–Kier alpha value is -0.980. The molecule has 1 aliphatic rings. The van der Waals surface area contributed by atoms with Crippen molar-refractivity contribution in [3.63, 3.8) is 0 Å². The van der Waals surface area contributed by atoms with E-state index in [0.29, 0.717) is 25.6 Å². The number of aliphatic imine (C=N–C) groups is 1. The lowest BCUT2D eigenvalue weighted by Crippen LogP contribution is -2.51. The molecule has 0 saturated carbocycles. The van der Waals surface area contributed by atoms with Gasteiger partial charge in [-0.1, -0.05) is 12.1 Å². The van der Waals surface area contributed by atoms with Crippen LogP contribution in [0.4, 0.5) is 4.39 Å². The molecular weight excluding hydrogens is 474 g/mol. The van der Waals surface area contributed by atoms with Crippen LogP contribution in [0.2, 0.25) is 0 Å². The summed E-state index contributed by atoms with van der Waals surface area (Å²) in [5, 5.41) is 3.15. The second-order valence-electron chi connectivity index (χ2n) is 6.03. The predicted octanol–water partition coefficient (Wildman–Crippen LogP) is 1.33. The first-order valence-corrected chi connectivity index (χ1v) is 9.99. The second kappa shape index (κ2) is 10.4. The van der Waals surface area contributed by atoms with E-state index in [9.17, 15) is 12.8 Å². The molecule has 0 bridgehead atoms. The molecule has 0 amide bonds. The molecular formula is C16H26FIN4O3S. The summed E-state index contributed by atoms with van der Waals surface area (Å²) in [6, 6.07) is 6.29. The zero-order chi connectivity index (χ0) is 18.4. The lowest BCUT2D eigenvalue weighted by Gasteiger charge is -2.38. The highest BCUT2D eigenvalue weighted by Gasteiger charge is 2.28. The Morgan fingerprint density at radius 1 is 1.31 bits per heavy atom. The molecule has 0 aromatic heterocycles. The molecule has 1 aromatic carbocycles. The van der Waals surface area contributed by atoms with E-state index in [0.717, 1.165) is 11.8 Å². The fraction of sp³-hybridized carbons (Fsp3) is 0.562. The quantitative estimate of drug-likeness (QED) is 0.276. The molecule has 1 saturated heterocycles. The van der Waals surface area contributed by atoms with Crippen LogP contribution in [0, 0.1) is 5.82 Å². The molecule has 1 aromatic rings. The summed E-state index contributed by atoms with van der Waals surface area (Å²) in [6.45, 7) is 3.92. The van der Waals surface area contributed by atoms with Gasteiger partial charge in [0.05, 0.1) is 18.9 Å². The van der Waals surface area contributed by atoms with Crippen molar-refractivity contribution < 1.29 is 17.5 Å². The molecule has 2 N–H and O–H groups in total. The topological polar surface area (TPSA) is 83.0 Å². The number of sulfonamides is 1. The van der Waals surface area contributed by atoms with Gasteiger partial charge in [-0.25, -0.2) is 17.5 Å². The van der Waals surface area contributed by atoms with E-state index in [1.807, 2.05) is 6.92 Å². The van der Waals surface area contributed by atoms with Crippen molar-refractivity contribution in [1.82, 2.24) is 14.9 Å². The van der Waals surface area contributed by atoms with Crippen LogP contribution >= 0.6 is 24.0 Å². The van der Waals surface area contributed by atoms with Gasteiger partial charge in [0.2, 0.25) is 10.0 Å². The van der Waals surface area contributed by atoms with Gasteiger partial charge < -0.3 is 15.0 Å². The third-order valence-electron chi connectivity index (χ3n) is 3.79. The molecule has 7 nitrogen and oxygen atoms in total. The third-order valence-corrected chi connectivity index (χ3v) is 4.51. The molecule has 1 aliphatic heterocycles. The van der Waals surface area contributed by atoms with E-state index in [4.69, 9.17) is 4.74 Å². The van der Waals surface area contributed by atoms with Gasteiger partial charge in [-0.15, -0.1) is 24.0 Å². The Labute approximate surface area is 171 Å². The summed E-state index contributed by atoms with van der Waals surface area (Å²) in [7, 11) is -1.52. The van der Waals surface area contributed by atoms with E-state index in [2.05, 4.69) is 19.9 Å². The van der Waals surface area contributed by atoms with Gasteiger partial charge >= 0.3 is 0 Å². The fourth-order valence-corrected chi connectivity index (χ4v) is 3.20. The number of hydrogen-bond acceptors (Lipinski definition) is 4. The highest BCUT2D eigenvalue weighted by atomic mass is 127. The summed E-state index contributed by atoms with van der Waals surface area (Å²) in [6.07, 6.45) is 0.923. The number of halogens is 2. The molecule has 10 heteroatoms. The average Bonchev–Trinajstić information content (AvgIpc) is 2.54. The van der Waals surface area contributed by atoms with Gasteiger partial charge in [-0.05, 0) is 24.6 Å². The van der Waals surface area contributed by atoms with Crippen LogP contribution in [-0.2, 0) is 14.8 Å². The van der Waals surface area contributed by atoms with Crippen LogP contribution in [0.5, 0.6) is 0 Å². The zero-order valence-electron chi connectivity index (χ0n) is 15.1. The van der Waals surface area contributed by atoms with Gasteiger partial charge in [0.15, 0.2) is 5.96 Å². The van der Waals surface area contributed by atoms with Crippen LogP contribution in [0.3, 0.4) is 0 Å². The largest absolute Gasteiger partial charge is 0.367 e. The number of hydrogen-bond donors (Lipinski definition) is 2. The monoisotopic (exact) mass is 500 g/mol. The van der Waals surface area contributed by atoms with E-state index in [1.165, 1.54) is 12.1 Å². The summed E-state index contributed by atoms with van der Waals surface area (Å²) in [5.41, 5.74) is 0.909. The van der Waals surface area contributed by atoms with Crippen LogP contribution in [0.1, 0.15) is 18.6 Å². The smallest absolute Gasteiger partial charge is 0.208 e. The highest BCUT2D eigenvalue weighted by Crippen LogP contribution is 2.25. The Morgan fingerprint density at radius 2 is 1.96 bits per heavy atom. The van der Waals surface area contributed by atoms with E-state index in [1.54, 1.807) is 19.2 Å². The minimum Gasteiger partial charge on any atom is -0.367 e. The molecule has 2 rings (SSSR count). The highest BCUT2D eigenvalue weighted by molar-refractivity contribution is 14.0. The van der Waals surface area contributed by atoms with Crippen molar-refractivity contribution in [2.45, 2.75) is 19.1 Å². The molecule has 0 aliphatic carbocycles. The number of guanidine groups is 1. The standard InChI is InChI=1S/C16H25FN4O3S.HI/c1-12-10-21(16(18-2)19-8-9-20-25(3,22)23)11-15(24-12)13-4-6-14(17)7-5-13;/h4-7,12,15,20H,8-11H2,1-3H3,(H,18,19);1H. The Kier molecular flexibility index (Phi) is 9.21. The maximum atomic E-state index is 13.1. The van der Waals surface area contributed by atoms with Crippen LogP contribution in [-0.4, -0.2) is 64.9 Å². The number of benzene rings is 1. The average molecular weight is 500 g/mol. The van der Waals surface area contributed by atoms with Gasteiger partial charge in [-0.2, -0.15) is 0 Å². The lowest BCUT2D eigenvalue weighted by molar-refractivity contribution is -0.0604. The van der Waals surface area contributed by atoms with Crippen LogP contribution in [0.15, 0.2) is 29.3 Å². The van der Waals surface area contributed by atoms with E-state index >= 15 is 0 Å². The molecule has 1 heterocycles. The zero-order valence-corrected chi connectivity index (χ0v) is 18.3. The Bertz CT molecular complexity index is 700. The summed E-state index contributed by atoms with van der Waals surface area (Å²) in [5.74, 6) is 0.401. The van der Waals surface area contributed by atoms with Gasteiger partial charge in [0, 0.05) is 26.7 Å². The number of nitrogens with zero attached hydrogens (tertiary/aromatic N) is 2. The molecule has 2 unspecified atom stereocenters. The maximum Gasteiger partial charge on any atom is 0.208 e. The predicted molar refractivity (Wildman–Crippen MR) is 111 cm³/mol. The third kappa shape index (κ3) is 7.33. The molecule has 148 valence electrons. The number of nitrogens with one attached hydrogen (secondary N) is 2. The van der Waals surface area contributed by atoms with Gasteiger partial charge in [-0.3, -0.25) is 4.99 Å². The van der Waals surface area contributed by atoms with Gasteiger partial charge in [0.1, 0.15) is 11.9 Å². The lowest BCUT2D eigenvalue weighted by atomic mass is 10.1. The molecule has 0 radical (unpaired) electrons. The van der Waals surface area contributed by atoms with Crippen molar-refractivity contribution in [1.29, 1.82) is 0 Å². The van der Waals surface area contributed by atoms with E-state index < -0.39 is 10.0 Å². The minimum absolute atomic E-state index is 0. The first-order chi connectivity index (χ1) is 11.8. The van der Waals surface area contributed by atoms with E-state index in [-0.39, 0.29) is 48.5 Å². The Morgan fingerprint density at radius 3 is 2.54 bits per heavy atom. The van der Waals surface area contributed by atoms with Gasteiger partial charge in [0.25, 0.3) is 0 Å².